The summed E-state index contributed by atoms with van der Waals surface area (Å²) in [5.41, 5.74) is -0.659. The third-order valence-electron chi connectivity index (χ3n) is 5.67. The summed E-state index contributed by atoms with van der Waals surface area (Å²) in [7, 11) is 1.81. The van der Waals surface area contributed by atoms with E-state index in [1.807, 2.05) is 7.05 Å². The van der Waals surface area contributed by atoms with Gasteiger partial charge in [-0.05, 0) is 44.2 Å². The van der Waals surface area contributed by atoms with Crippen LogP contribution in [0, 0.1) is 0 Å². The number of rotatable bonds is 6. The molecule has 1 aromatic carbocycles. The number of nitrogens with one attached hydrogen (secondary N) is 2. The van der Waals surface area contributed by atoms with Gasteiger partial charge in [-0.15, -0.1) is 0 Å². The van der Waals surface area contributed by atoms with Crippen LogP contribution >= 0.6 is 0 Å². The van der Waals surface area contributed by atoms with Gasteiger partial charge in [-0.3, -0.25) is 9.88 Å². The average Bonchev–Trinajstić information content (AvgIpc) is 3.32. The number of carbonyl (C=O) groups is 1. The fourth-order valence-corrected chi connectivity index (χ4v) is 3.72. The number of amides is 1. The predicted octanol–water partition coefficient (Wildman–Crippen LogP) is 4.61. The molecule has 0 aliphatic heterocycles. The zero-order chi connectivity index (χ0) is 23.9. The van der Waals surface area contributed by atoms with Gasteiger partial charge in [0, 0.05) is 30.3 Å². The second-order valence-corrected chi connectivity index (χ2v) is 7.97. The molecule has 2 N–H and O–H groups in total. The Hall–Kier alpha value is -3.93. The number of aromatic nitrogens is 4. The standard InChI is InChI=1S/C22H19F3N6O3/c1-26-11-14-9-19(28-12-27-14)33-15-2-3-16-13(8-15)4-7-31(16)20(32)29-18-10-17(34-30-18)21(5-6-21)22(23,24)25/h2-4,7-10,12,26H,5-6,11H2,1H3,(H,29,30,32). The van der Waals surface area contributed by atoms with Crippen LogP contribution in [-0.2, 0) is 12.0 Å². The van der Waals surface area contributed by atoms with E-state index in [1.165, 1.54) is 10.9 Å². The van der Waals surface area contributed by atoms with Crippen molar-refractivity contribution in [2.75, 3.05) is 12.4 Å². The molecule has 0 saturated heterocycles. The number of alkyl halides is 3. The maximum Gasteiger partial charge on any atom is 0.401 e. The Labute approximate surface area is 190 Å². The van der Waals surface area contributed by atoms with Crippen LogP contribution in [0.5, 0.6) is 11.6 Å². The van der Waals surface area contributed by atoms with Crippen molar-refractivity contribution in [3.8, 4) is 11.6 Å². The highest BCUT2D eigenvalue weighted by Gasteiger charge is 2.66. The third-order valence-corrected chi connectivity index (χ3v) is 5.67. The van der Waals surface area contributed by atoms with Gasteiger partial charge in [0.2, 0.25) is 5.88 Å². The van der Waals surface area contributed by atoms with Crippen molar-refractivity contribution in [3.05, 3.63) is 60.4 Å². The Kier molecular flexibility index (Phi) is 5.24. The van der Waals surface area contributed by atoms with Crippen LogP contribution in [-0.4, -0.2) is 38.9 Å². The molecule has 3 aromatic heterocycles. The van der Waals surface area contributed by atoms with Crippen molar-refractivity contribution in [3.63, 3.8) is 0 Å². The van der Waals surface area contributed by atoms with E-state index < -0.39 is 17.6 Å². The van der Waals surface area contributed by atoms with Crippen molar-refractivity contribution < 1.29 is 27.2 Å². The SMILES string of the molecule is CNCc1cc(Oc2ccc3c(ccn3C(=O)Nc3cc(C4(C(F)(F)F)CC4)on3)c2)ncn1. The van der Waals surface area contributed by atoms with Gasteiger partial charge in [0.05, 0.1) is 11.2 Å². The van der Waals surface area contributed by atoms with Crippen LogP contribution in [0.1, 0.15) is 24.3 Å². The lowest BCUT2D eigenvalue weighted by Gasteiger charge is -2.14. The van der Waals surface area contributed by atoms with Gasteiger partial charge in [-0.25, -0.2) is 14.8 Å². The molecule has 1 fully saturated rings. The minimum atomic E-state index is -4.43. The molecule has 0 atom stereocenters. The van der Waals surface area contributed by atoms with Crippen LogP contribution in [0.4, 0.5) is 23.8 Å². The van der Waals surface area contributed by atoms with E-state index in [1.54, 1.807) is 36.5 Å². The summed E-state index contributed by atoms with van der Waals surface area (Å²) >= 11 is 0. The first-order valence-electron chi connectivity index (χ1n) is 10.4. The maximum absolute atomic E-state index is 13.3. The molecule has 9 nitrogen and oxygen atoms in total. The topological polar surface area (TPSA) is 107 Å². The summed E-state index contributed by atoms with van der Waals surface area (Å²) < 4.78 is 51.8. The number of ether oxygens (including phenoxy) is 1. The number of hydrogen-bond donors (Lipinski definition) is 2. The van der Waals surface area contributed by atoms with Gasteiger partial charge in [0.25, 0.3) is 0 Å². The van der Waals surface area contributed by atoms with Crippen molar-refractivity contribution in [2.45, 2.75) is 31.0 Å². The first kappa shape index (κ1) is 21.9. The van der Waals surface area contributed by atoms with E-state index in [4.69, 9.17) is 9.26 Å². The lowest BCUT2D eigenvalue weighted by Crippen LogP contribution is -2.28. The molecule has 5 rings (SSSR count). The fourth-order valence-electron chi connectivity index (χ4n) is 3.72. The quantitative estimate of drug-likeness (QED) is 0.422. The summed E-state index contributed by atoms with van der Waals surface area (Å²) in [5.74, 6) is 0.518. The lowest BCUT2D eigenvalue weighted by atomic mass is 10.0. The molecule has 1 saturated carbocycles. The highest BCUT2D eigenvalue weighted by molar-refractivity contribution is 5.98. The monoisotopic (exact) mass is 472 g/mol. The normalized spacial score (nSPS) is 14.8. The molecule has 12 heteroatoms. The minimum Gasteiger partial charge on any atom is -0.439 e. The minimum absolute atomic E-state index is 0.0580. The molecule has 1 aliphatic carbocycles. The molecule has 1 amide bonds. The van der Waals surface area contributed by atoms with Crippen molar-refractivity contribution >= 4 is 22.8 Å². The second-order valence-electron chi connectivity index (χ2n) is 7.97. The van der Waals surface area contributed by atoms with Crippen molar-refractivity contribution in [1.29, 1.82) is 0 Å². The maximum atomic E-state index is 13.3. The van der Waals surface area contributed by atoms with Crippen LogP contribution in [0.2, 0.25) is 0 Å². The number of benzene rings is 1. The van der Waals surface area contributed by atoms with Crippen LogP contribution in [0.15, 0.2) is 53.4 Å². The summed E-state index contributed by atoms with van der Waals surface area (Å²) in [6.07, 6.45) is -1.59. The summed E-state index contributed by atoms with van der Waals surface area (Å²) in [4.78, 5) is 21.0. The van der Waals surface area contributed by atoms with Gasteiger partial charge in [0.15, 0.2) is 11.6 Å². The van der Waals surface area contributed by atoms with Gasteiger partial charge >= 0.3 is 12.2 Å². The first-order valence-corrected chi connectivity index (χ1v) is 10.4. The Morgan fingerprint density at radius 3 is 2.76 bits per heavy atom. The van der Waals surface area contributed by atoms with Crippen molar-refractivity contribution in [2.24, 2.45) is 0 Å². The number of anilines is 1. The Bertz CT molecular complexity index is 1360. The number of nitrogens with zero attached hydrogens (tertiary/aromatic N) is 4. The third kappa shape index (κ3) is 3.96. The second kappa shape index (κ2) is 8.13. The highest BCUT2D eigenvalue weighted by Crippen LogP contribution is 2.59. The number of hydrogen-bond acceptors (Lipinski definition) is 7. The molecule has 4 aromatic rings. The molecular formula is C22H19F3N6O3. The Morgan fingerprint density at radius 1 is 1.21 bits per heavy atom. The van der Waals surface area contributed by atoms with E-state index in [-0.39, 0.29) is 24.4 Å². The zero-order valence-electron chi connectivity index (χ0n) is 17.9. The van der Waals surface area contributed by atoms with E-state index in [2.05, 4.69) is 25.8 Å². The number of carbonyl (C=O) groups excluding carboxylic acids is 1. The zero-order valence-corrected chi connectivity index (χ0v) is 17.9. The molecule has 0 bridgehead atoms. The van der Waals surface area contributed by atoms with E-state index >= 15 is 0 Å². The summed E-state index contributed by atoms with van der Waals surface area (Å²) in [6, 6.07) is 9.08. The van der Waals surface area contributed by atoms with Gasteiger partial charge < -0.3 is 14.6 Å². The van der Waals surface area contributed by atoms with E-state index in [0.717, 1.165) is 11.8 Å². The van der Waals surface area contributed by atoms with Gasteiger partial charge in [-0.2, -0.15) is 13.2 Å². The molecule has 3 heterocycles. The van der Waals surface area contributed by atoms with E-state index in [0.29, 0.717) is 29.1 Å². The van der Waals surface area contributed by atoms with Gasteiger partial charge in [0.1, 0.15) is 17.5 Å². The van der Waals surface area contributed by atoms with Crippen LogP contribution in [0.3, 0.4) is 0 Å². The molecule has 0 radical (unpaired) electrons. The largest absolute Gasteiger partial charge is 0.439 e. The van der Waals surface area contributed by atoms with Gasteiger partial charge in [-0.1, -0.05) is 5.16 Å². The van der Waals surface area contributed by atoms with E-state index in [9.17, 15) is 18.0 Å². The first-order chi connectivity index (χ1) is 16.3. The van der Waals surface area contributed by atoms with Crippen LogP contribution in [0.25, 0.3) is 10.9 Å². The van der Waals surface area contributed by atoms with Crippen molar-refractivity contribution in [1.82, 2.24) is 25.0 Å². The lowest BCUT2D eigenvalue weighted by molar-refractivity contribution is -0.165. The smallest absolute Gasteiger partial charge is 0.401 e. The Morgan fingerprint density at radius 2 is 2.03 bits per heavy atom. The summed E-state index contributed by atoms with van der Waals surface area (Å²) in [5, 5.41) is 9.78. The number of fused-ring (bicyclic) bond motifs is 1. The fraction of sp³-hybridized carbons (Fsp3) is 0.273. The molecule has 0 unspecified atom stereocenters. The molecule has 34 heavy (non-hydrogen) atoms. The molecular weight excluding hydrogens is 453 g/mol. The number of halogens is 3. The molecule has 176 valence electrons. The highest BCUT2D eigenvalue weighted by atomic mass is 19.4. The Balaban J connectivity index is 1.31. The van der Waals surface area contributed by atoms with Crippen LogP contribution < -0.4 is 15.4 Å². The summed E-state index contributed by atoms with van der Waals surface area (Å²) in [6.45, 7) is 0.570. The predicted molar refractivity (Wildman–Crippen MR) is 115 cm³/mol. The molecule has 1 aliphatic rings. The molecule has 0 spiro atoms. The average molecular weight is 472 g/mol.